The van der Waals surface area contributed by atoms with E-state index in [0.717, 1.165) is 0 Å². The van der Waals surface area contributed by atoms with E-state index in [-0.39, 0.29) is 17.6 Å². The molecule has 1 aliphatic heterocycles. The number of nitrogens with two attached hydrogens (primary N) is 1. The summed E-state index contributed by atoms with van der Waals surface area (Å²) in [6, 6.07) is 13.1. The Kier molecular flexibility index (Phi) is 6.56. The number of nitrogens with zero attached hydrogens (tertiary/aromatic N) is 1. The van der Waals surface area contributed by atoms with Crippen LogP contribution in [-0.2, 0) is 20.6 Å². The zero-order valence-electron chi connectivity index (χ0n) is 15.7. The number of rotatable bonds is 6. The molecule has 0 aromatic heterocycles. The molecule has 3 N–H and O–H groups in total. The number of hydrogen-bond acceptors (Lipinski definition) is 4. The van der Waals surface area contributed by atoms with Crippen molar-refractivity contribution in [3.63, 3.8) is 0 Å². The van der Waals surface area contributed by atoms with Gasteiger partial charge >= 0.3 is 0 Å². The number of nitrogens with one attached hydrogen (secondary N) is 1. The Balaban J connectivity index is 1.55. The highest BCUT2D eigenvalue weighted by Crippen LogP contribution is 2.24. The minimum atomic E-state index is -3.47. The SMILES string of the molecule is NC(=O)c1ccc(NC(=O)C2CCN(S(=O)(=O)Cc3cccc(Cl)c3)CC2)cc1. The first kappa shape index (κ1) is 21.3. The first-order chi connectivity index (χ1) is 13.7. The lowest BCUT2D eigenvalue weighted by atomic mass is 9.97. The number of sulfonamides is 1. The second kappa shape index (κ2) is 8.94. The molecule has 154 valence electrons. The summed E-state index contributed by atoms with van der Waals surface area (Å²) in [5.74, 6) is -1.09. The Hall–Kier alpha value is -2.42. The van der Waals surface area contributed by atoms with Crippen molar-refractivity contribution in [1.29, 1.82) is 0 Å². The number of carbonyl (C=O) groups is 2. The van der Waals surface area contributed by atoms with E-state index < -0.39 is 15.9 Å². The smallest absolute Gasteiger partial charge is 0.248 e. The summed E-state index contributed by atoms with van der Waals surface area (Å²) in [5, 5.41) is 3.30. The molecule has 7 nitrogen and oxygen atoms in total. The number of piperidine rings is 1. The van der Waals surface area contributed by atoms with E-state index in [1.54, 1.807) is 48.5 Å². The molecule has 1 saturated heterocycles. The van der Waals surface area contributed by atoms with Crippen LogP contribution in [0.2, 0.25) is 5.02 Å². The van der Waals surface area contributed by atoms with E-state index in [9.17, 15) is 18.0 Å². The second-order valence-electron chi connectivity index (χ2n) is 6.99. The van der Waals surface area contributed by atoms with Crippen LogP contribution in [0.5, 0.6) is 0 Å². The highest BCUT2D eigenvalue weighted by Gasteiger charge is 2.31. The molecule has 0 radical (unpaired) electrons. The molecular weight excluding hydrogens is 414 g/mol. The summed E-state index contributed by atoms with van der Waals surface area (Å²) >= 11 is 5.93. The number of benzene rings is 2. The van der Waals surface area contributed by atoms with Crippen molar-refractivity contribution in [3.8, 4) is 0 Å². The predicted octanol–water partition coefficient (Wildman–Crippen LogP) is 2.62. The van der Waals surface area contributed by atoms with Crippen LogP contribution in [-0.4, -0.2) is 37.6 Å². The molecule has 29 heavy (non-hydrogen) atoms. The van der Waals surface area contributed by atoms with Crippen LogP contribution in [0, 0.1) is 5.92 Å². The molecule has 2 aromatic carbocycles. The van der Waals surface area contributed by atoms with Crippen LogP contribution >= 0.6 is 11.6 Å². The van der Waals surface area contributed by atoms with Gasteiger partial charge in [-0.05, 0) is 54.8 Å². The molecule has 2 aromatic rings. The maximum absolute atomic E-state index is 12.7. The fourth-order valence-electron chi connectivity index (χ4n) is 3.29. The number of amides is 2. The lowest BCUT2D eigenvalue weighted by Crippen LogP contribution is -2.41. The van der Waals surface area contributed by atoms with Gasteiger partial charge in [-0.15, -0.1) is 0 Å². The number of halogens is 1. The number of anilines is 1. The number of hydrogen-bond donors (Lipinski definition) is 2. The van der Waals surface area contributed by atoms with Crippen LogP contribution in [0.4, 0.5) is 5.69 Å². The molecule has 3 rings (SSSR count). The van der Waals surface area contributed by atoms with E-state index in [1.807, 2.05) is 0 Å². The highest BCUT2D eigenvalue weighted by atomic mass is 35.5. The Morgan fingerprint density at radius 3 is 2.34 bits per heavy atom. The van der Waals surface area contributed by atoms with Crippen molar-refractivity contribution in [2.75, 3.05) is 18.4 Å². The van der Waals surface area contributed by atoms with Crippen molar-refractivity contribution < 1.29 is 18.0 Å². The third kappa shape index (κ3) is 5.56. The van der Waals surface area contributed by atoms with Crippen molar-refractivity contribution in [2.45, 2.75) is 18.6 Å². The van der Waals surface area contributed by atoms with Crippen molar-refractivity contribution in [2.24, 2.45) is 11.7 Å². The lowest BCUT2D eigenvalue weighted by molar-refractivity contribution is -0.120. The first-order valence-corrected chi connectivity index (χ1v) is 11.2. The zero-order chi connectivity index (χ0) is 21.0. The van der Waals surface area contributed by atoms with Crippen LogP contribution in [0.1, 0.15) is 28.8 Å². The van der Waals surface area contributed by atoms with E-state index >= 15 is 0 Å². The third-order valence-corrected chi connectivity index (χ3v) is 6.98. The Morgan fingerprint density at radius 2 is 1.76 bits per heavy atom. The van der Waals surface area contributed by atoms with Gasteiger partial charge in [0.1, 0.15) is 0 Å². The van der Waals surface area contributed by atoms with Crippen LogP contribution in [0.15, 0.2) is 48.5 Å². The molecule has 0 spiro atoms. The first-order valence-electron chi connectivity index (χ1n) is 9.17. The molecule has 1 aliphatic rings. The van der Waals surface area contributed by atoms with Gasteiger partial charge in [-0.25, -0.2) is 12.7 Å². The van der Waals surface area contributed by atoms with E-state index in [1.165, 1.54) is 4.31 Å². The van der Waals surface area contributed by atoms with Gasteiger partial charge in [-0.1, -0.05) is 23.7 Å². The molecule has 0 bridgehead atoms. The monoisotopic (exact) mass is 435 g/mol. The van der Waals surface area contributed by atoms with Crippen LogP contribution in [0.3, 0.4) is 0 Å². The van der Waals surface area contributed by atoms with Gasteiger partial charge in [0.05, 0.1) is 5.75 Å². The van der Waals surface area contributed by atoms with Crippen LogP contribution < -0.4 is 11.1 Å². The van der Waals surface area contributed by atoms with Gasteiger partial charge in [0.2, 0.25) is 21.8 Å². The normalized spacial score (nSPS) is 15.8. The molecular formula is C20H22ClN3O4S. The predicted molar refractivity (Wildman–Crippen MR) is 112 cm³/mol. The summed E-state index contributed by atoms with van der Waals surface area (Å²) in [7, 11) is -3.47. The summed E-state index contributed by atoms with van der Waals surface area (Å²) in [6.45, 7) is 0.587. The lowest BCUT2D eigenvalue weighted by Gasteiger charge is -2.30. The van der Waals surface area contributed by atoms with Crippen molar-refractivity contribution >= 4 is 39.1 Å². The Bertz CT molecular complexity index is 1000. The van der Waals surface area contributed by atoms with Gasteiger partial charge in [-0.3, -0.25) is 9.59 Å². The summed E-state index contributed by atoms with van der Waals surface area (Å²) in [6.07, 6.45) is 0.889. The topological polar surface area (TPSA) is 110 Å². The standard InChI is InChI=1S/C20H22ClN3O4S/c21-17-3-1-2-14(12-17)13-29(27,28)24-10-8-16(9-11-24)20(26)23-18-6-4-15(5-7-18)19(22)25/h1-7,12,16H,8-11,13H2,(H2,22,25)(H,23,26). The average molecular weight is 436 g/mol. The van der Waals surface area contributed by atoms with Gasteiger partial charge in [0.15, 0.2) is 0 Å². The van der Waals surface area contributed by atoms with E-state index in [2.05, 4.69) is 5.32 Å². The summed E-state index contributed by atoms with van der Waals surface area (Å²) in [4.78, 5) is 23.6. The summed E-state index contributed by atoms with van der Waals surface area (Å²) in [5.41, 5.74) is 6.76. The quantitative estimate of drug-likeness (QED) is 0.726. The molecule has 2 amide bonds. The summed E-state index contributed by atoms with van der Waals surface area (Å²) < 4.78 is 26.8. The van der Waals surface area contributed by atoms with Crippen LogP contribution in [0.25, 0.3) is 0 Å². The van der Waals surface area contributed by atoms with E-state index in [0.29, 0.717) is 47.8 Å². The van der Waals surface area contributed by atoms with E-state index in [4.69, 9.17) is 17.3 Å². The third-order valence-electron chi connectivity index (χ3n) is 4.89. The van der Waals surface area contributed by atoms with Crippen molar-refractivity contribution in [3.05, 3.63) is 64.7 Å². The van der Waals surface area contributed by atoms with Crippen molar-refractivity contribution in [1.82, 2.24) is 4.31 Å². The fraction of sp³-hybridized carbons (Fsp3) is 0.300. The van der Waals surface area contributed by atoms with Gasteiger partial charge in [0, 0.05) is 35.3 Å². The molecule has 0 atom stereocenters. The Labute approximate surface area is 174 Å². The highest BCUT2D eigenvalue weighted by molar-refractivity contribution is 7.88. The fourth-order valence-corrected chi connectivity index (χ4v) is 5.05. The Morgan fingerprint density at radius 1 is 1.10 bits per heavy atom. The second-order valence-corrected chi connectivity index (χ2v) is 9.40. The minimum Gasteiger partial charge on any atom is -0.366 e. The number of carbonyl (C=O) groups excluding carboxylic acids is 2. The maximum atomic E-state index is 12.7. The average Bonchev–Trinajstić information content (AvgIpc) is 2.68. The molecule has 0 saturated carbocycles. The molecule has 0 aliphatic carbocycles. The van der Waals surface area contributed by atoms with Gasteiger partial charge in [-0.2, -0.15) is 0 Å². The van der Waals surface area contributed by atoms with Gasteiger partial charge < -0.3 is 11.1 Å². The number of primary amides is 1. The molecule has 1 heterocycles. The molecule has 1 fully saturated rings. The minimum absolute atomic E-state index is 0.114. The van der Waals surface area contributed by atoms with Gasteiger partial charge in [0.25, 0.3) is 0 Å². The molecule has 9 heteroatoms. The molecule has 0 unspecified atom stereocenters. The maximum Gasteiger partial charge on any atom is 0.248 e. The largest absolute Gasteiger partial charge is 0.366 e. The zero-order valence-corrected chi connectivity index (χ0v) is 17.2.